The van der Waals surface area contributed by atoms with Crippen LogP contribution in [0.3, 0.4) is 0 Å². The highest BCUT2D eigenvalue weighted by molar-refractivity contribution is 9.10. The Morgan fingerprint density at radius 2 is 2.00 bits per heavy atom. The molecule has 0 saturated heterocycles. The first kappa shape index (κ1) is 13.8. The summed E-state index contributed by atoms with van der Waals surface area (Å²) in [5, 5.41) is 9.45. The Balaban J connectivity index is 2.45. The summed E-state index contributed by atoms with van der Waals surface area (Å²) in [6.07, 6.45) is 0.717. The first-order valence-corrected chi connectivity index (χ1v) is 7.41. The molecule has 1 heterocycles. The van der Waals surface area contributed by atoms with E-state index in [1.807, 2.05) is 41.8 Å². The van der Waals surface area contributed by atoms with Crippen LogP contribution in [-0.2, 0) is 6.42 Å². The van der Waals surface area contributed by atoms with Gasteiger partial charge in [0.2, 0.25) is 0 Å². The van der Waals surface area contributed by atoms with E-state index in [1.165, 1.54) is 0 Å². The molecule has 0 bridgehead atoms. The van der Waals surface area contributed by atoms with Crippen molar-refractivity contribution in [2.45, 2.75) is 13.3 Å². The summed E-state index contributed by atoms with van der Waals surface area (Å²) >= 11 is 3.53. The van der Waals surface area contributed by atoms with Crippen LogP contribution in [0.25, 0.3) is 16.7 Å². The normalized spacial score (nSPS) is 11.0. The summed E-state index contributed by atoms with van der Waals surface area (Å²) in [5.41, 5.74) is 2.48. The van der Waals surface area contributed by atoms with Gasteiger partial charge in [0.05, 0.1) is 22.3 Å². The van der Waals surface area contributed by atoms with Crippen molar-refractivity contribution in [3.05, 3.63) is 58.3 Å². The van der Waals surface area contributed by atoms with Crippen molar-refractivity contribution in [1.29, 1.82) is 0 Å². The average Bonchev–Trinajstić information content (AvgIpc) is 2.86. The van der Waals surface area contributed by atoms with E-state index in [2.05, 4.69) is 20.9 Å². The van der Waals surface area contributed by atoms with Gasteiger partial charge in [0.1, 0.15) is 5.82 Å². The van der Waals surface area contributed by atoms with E-state index in [-0.39, 0.29) is 5.56 Å². The number of carboxylic acid groups (broad SMARTS) is 1. The Labute approximate surface area is 130 Å². The lowest BCUT2D eigenvalue weighted by Gasteiger charge is -2.11. The van der Waals surface area contributed by atoms with E-state index in [0.717, 1.165) is 22.4 Å². The highest BCUT2D eigenvalue weighted by atomic mass is 79.9. The molecule has 0 amide bonds. The fourth-order valence-corrected chi connectivity index (χ4v) is 2.94. The topological polar surface area (TPSA) is 55.1 Å². The van der Waals surface area contributed by atoms with Gasteiger partial charge in [-0.2, -0.15) is 0 Å². The molecule has 0 saturated carbocycles. The molecule has 3 aromatic rings. The smallest absolute Gasteiger partial charge is 0.337 e. The van der Waals surface area contributed by atoms with E-state index in [9.17, 15) is 9.90 Å². The molecule has 0 aliphatic heterocycles. The minimum Gasteiger partial charge on any atom is -0.478 e. The number of fused-ring (bicyclic) bond motifs is 1. The van der Waals surface area contributed by atoms with Crippen molar-refractivity contribution >= 4 is 32.9 Å². The Kier molecular flexibility index (Phi) is 3.51. The van der Waals surface area contributed by atoms with Gasteiger partial charge in [-0.1, -0.05) is 25.1 Å². The third kappa shape index (κ3) is 2.23. The van der Waals surface area contributed by atoms with Gasteiger partial charge in [0.15, 0.2) is 0 Å². The van der Waals surface area contributed by atoms with Crippen LogP contribution in [0.5, 0.6) is 0 Å². The van der Waals surface area contributed by atoms with Crippen molar-refractivity contribution in [1.82, 2.24) is 9.55 Å². The predicted octanol–water partition coefficient (Wildman–Crippen LogP) is 4.05. The third-order valence-electron chi connectivity index (χ3n) is 3.39. The minimum absolute atomic E-state index is 0.260. The Hall–Kier alpha value is -2.14. The monoisotopic (exact) mass is 344 g/mol. The van der Waals surface area contributed by atoms with Crippen LogP contribution >= 0.6 is 15.9 Å². The maximum atomic E-state index is 11.5. The fourth-order valence-electron chi connectivity index (χ4n) is 2.48. The molecule has 0 aliphatic rings. The first-order chi connectivity index (χ1) is 10.1. The van der Waals surface area contributed by atoms with Crippen LogP contribution in [0.4, 0.5) is 0 Å². The highest BCUT2D eigenvalue weighted by Gasteiger charge is 2.18. The first-order valence-electron chi connectivity index (χ1n) is 6.62. The lowest BCUT2D eigenvalue weighted by Crippen LogP contribution is -2.05. The van der Waals surface area contributed by atoms with Gasteiger partial charge in [0, 0.05) is 10.9 Å². The lowest BCUT2D eigenvalue weighted by molar-refractivity contribution is 0.0698. The number of benzene rings is 2. The number of hydrogen-bond acceptors (Lipinski definition) is 2. The van der Waals surface area contributed by atoms with Crippen molar-refractivity contribution in [2.75, 3.05) is 0 Å². The number of carbonyl (C=O) groups is 1. The van der Waals surface area contributed by atoms with Crippen LogP contribution in [-0.4, -0.2) is 20.6 Å². The molecule has 0 radical (unpaired) electrons. The van der Waals surface area contributed by atoms with Crippen molar-refractivity contribution in [2.24, 2.45) is 0 Å². The Morgan fingerprint density at radius 3 is 2.67 bits per heavy atom. The van der Waals surface area contributed by atoms with Crippen LogP contribution < -0.4 is 0 Å². The SMILES string of the molecule is CCc1nc2cccc(C(=O)O)c2n1-c1ccccc1Br. The van der Waals surface area contributed by atoms with Gasteiger partial charge >= 0.3 is 5.97 Å². The molecule has 21 heavy (non-hydrogen) atoms. The number of imidazole rings is 1. The van der Waals surface area contributed by atoms with Crippen LogP contribution in [0.2, 0.25) is 0 Å². The zero-order valence-electron chi connectivity index (χ0n) is 11.4. The molecule has 1 N–H and O–H groups in total. The summed E-state index contributed by atoms with van der Waals surface area (Å²) in [4.78, 5) is 16.1. The number of nitrogens with zero attached hydrogens (tertiary/aromatic N) is 2. The average molecular weight is 345 g/mol. The molecule has 0 fully saturated rings. The molecule has 0 aliphatic carbocycles. The summed E-state index contributed by atoms with van der Waals surface area (Å²) in [7, 11) is 0. The van der Waals surface area contributed by atoms with Crippen LogP contribution in [0, 0.1) is 0 Å². The lowest BCUT2D eigenvalue weighted by atomic mass is 10.1. The Bertz CT molecular complexity index is 839. The minimum atomic E-state index is -0.948. The van der Waals surface area contributed by atoms with Crippen molar-refractivity contribution in [3.8, 4) is 5.69 Å². The number of carboxylic acids is 1. The molecule has 0 atom stereocenters. The zero-order chi connectivity index (χ0) is 15.0. The molecule has 2 aromatic carbocycles. The van der Waals surface area contributed by atoms with E-state index in [4.69, 9.17) is 0 Å². The van der Waals surface area contributed by atoms with Gasteiger partial charge in [-0.15, -0.1) is 0 Å². The maximum Gasteiger partial charge on any atom is 0.337 e. The Morgan fingerprint density at radius 1 is 1.24 bits per heavy atom. The third-order valence-corrected chi connectivity index (χ3v) is 4.06. The number of hydrogen-bond donors (Lipinski definition) is 1. The van der Waals surface area contributed by atoms with Gasteiger partial charge in [-0.05, 0) is 40.2 Å². The molecule has 0 spiro atoms. The van der Waals surface area contributed by atoms with E-state index >= 15 is 0 Å². The van der Waals surface area contributed by atoms with E-state index < -0.39 is 5.97 Å². The number of aryl methyl sites for hydroxylation is 1. The molecule has 5 heteroatoms. The fraction of sp³-hybridized carbons (Fsp3) is 0.125. The maximum absolute atomic E-state index is 11.5. The van der Waals surface area contributed by atoms with Gasteiger partial charge in [0.25, 0.3) is 0 Å². The molecule has 1 aromatic heterocycles. The summed E-state index contributed by atoms with van der Waals surface area (Å²) in [6, 6.07) is 12.9. The second-order valence-corrected chi connectivity index (χ2v) is 5.50. The van der Waals surface area contributed by atoms with Gasteiger partial charge in [-0.25, -0.2) is 9.78 Å². The molecule has 3 rings (SSSR count). The van der Waals surface area contributed by atoms with Crippen LogP contribution in [0.1, 0.15) is 23.1 Å². The predicted molar refractivity (Wildman–Crippen MR) is 85.1 cm³/mol. The van der Waals surface area contributed by atoms with Gasteiger partial charge < -0.3 is 5.11 Å². The largest absolute Gasteiger partial charge is 0.478 e. The molecular weight excluding hydrogens is 332 g/mol. The van der Waals surface area contributed by atoms with E-state index in [1.54, 1.807) is 12.1 Å². The standard InChI is InChI=1S/C16H13BrN2O2/c1-2-14-18-12-8-5-6-10(16(20)21)15(12)19(14)13-9-4-3-7-11(13)17/h3-9H,2H2,1H3,(H,20,21). The van der Waals surface area contributed by atoms with Gasteiger partial charge in [-0.3, -0.25) is 4.57 Å². The summed E-state index contributed by atoms with van der Waals surface area (Å²) < 4.78 is 2.82. The zero-order valence-corrected chi connectivity index (χ0v) is 13.0. The highest BCUT2D eigenvalue weighted by Crippen LogP contribution is 2.29. The number of aromatic carboxylic acids is 1. The number of para-hydroxylation sites is 2. The molecular formula is C16H13BrN2O2. The summed E-state index contributed by atoms with van der Waals surface area (Å²) in [6.45, 7) is 2.01. The molecule has 4 nitrogen and oxygen atoms in total. The second-order valence-electron chi connectivity index (χ2n) is 4.65. The number of aromatic nitrogens is 2. The molecule has 0 unspecified atom stereocenters. The second kappa shape index (κ2) is 5.33. The van der Waals surface area contributed by atoms with Crippen molar-refractivity contribution < 1.29 is 9.90 Å². The number of halogens is 1. The molecule has 106 valence electrons. The van der Waals surface area contributed by atoms with E-state index in [0.29, 0.717) is 11.0 Å². The quantitative estimate of drug-likeness (QED) is 0.779. The van der Waals surface area contributed by atoms with Crippen molar-refractivity contribution in [3.63, 3.8) is 0 Å². The van der Waals surface area contributed by atoms with Crippen LogP contribution in [0.15, 0.2) is 46.9 Å². The summed E-state index contributed by atoms with van der Waals surface area (Å²) in [5.74, 6) is -0.109. The number of rotatable bonds is 3.